The number of hydrogen-bond donors (Lipinski definition) is 2. The van der Waals surface area contributed by atoms with Crippen LogP contribution in [-0.2, 0) is 11.0 Å². The number of amides is 1. The lowest BCUT2D eigenvalue weighted by Gasteiger charge is -2.40. The van der Waals surface area contributed by atoms with Gasteiger partial charge in [-0.2, -0.15) is 13.2 Å². The molecule has 2 heterocycles. The molecule has 3 aromatic rings. The van der Waals surface area contributed by atoms with E-state index < -0.39 is 29.2 Å². The average Bonchev–Trinajstić information content (AvgIpc) is 2.97. The summed E-state index contributed by atoms with van der Waals surface area (Å²) in [4.78, 5) is 19.4. The van der Waals surface area contributed by atoms with E-state index in [1.807, 2.05) is 0 Å². The van der Waals surface area contributed by atoms with Crippen LogP contribution in [0.3, 0.4) is 0 Å². The number of pyridine rings is 1. The predicted molar refractivity (Wildman–Crippen MR) is 151 cm³/mol. The number of nitrogens with zero attached hydrogens (tertiary/aromatic N) is 2. The van der Waals surface area contributed by atoms with Gasteiger partial charge in [-0.25, -0.2) is 9.87 Å². The van der Waals surface area contributed by atoms with E-state index in [-0.39, 0.29) is 28.3 Å². The maximum absolute atomic E-state index is 15.7. The van der Waals surface area contributed by atoms with Crippen molar-refractivity contribution in [3.8, 4) is 5.75 Å². The van der Waals surface area contributed by atoms with Crippen molar-refractivity contribution >= 4 is 40.2 Å². The lowest BCUT2D eigenvalue weighted by atomic mass is 9.73. The second kappa shape index (κ2) is 13.6. The minimum atomic E-state index is -4.39. The highest BCUT2D eigenvalue weighted by Gasteiger charge is 2.41. The Kier molecular flexibility index (Phi) is 10.4. The van der Waals surface area contributed by atoms with Crippen LogP contribution in [-0.4, -0.2) is 53.5 Å². The number of methoxy groups -OCH3 is 1. The number of carbonyl (C=O) groups is 1. The molecule has 1 amide bonds. The molecule has 1 aliphatic heterocycles. The molecule has 0 aliphatic carbocycles. The first-order valence-corrected chi connectivity index (χ1v) is 14.7. The molecule has 2 N–H and O–H groups in total. The number of carbonyl (C=O) groups excluding carboxylic acids is 1. The highest BCUT2D eigenvalue weighted by Crippen LogP contribution is 2.42. The van der Waals surface area contributed by atoms with Gasteiger partial charge in [0.25, 0.3) is 0 Å². The fourth-order valence-corrected chi connectivity index (χ4v) is 6.65. The zero-order chi connectivity index (χ0) is 29.6. The third kappa shape index (κ3) is 7.43. The number of hydrogen-bond acceptors (Lipinski definition) is 6. The van der Waals surface area contributed by atoms with Gasteiger partial charge in [-0.15, -0.1) is 11.8 Å². The lowest BCUT2D eigenvalue weighted by molar-refractivity contribution is -0.143. The van der Waals surface area contributed by atoms with Crippen LogP contribution in [0.5, 0.6) is 5.75 Å². The molecule has 1 aliphatic rings. The molecular weight excluding hydrogens is 582 g/mol. The summed E-state index contributed by atoms with van der Waals surface area (Å²) in [6, 6.07) is 10.7. The monoisotopic (exact) mass is 613 g/mol. The maximum Gasteiger partial charge on any atom is 0.417 e. The second-order valence-electron chi connectivity index (χ2n) is 10.2. The normalized spacial score (nSPS) is 16.5. The molecule has 0 radical (unpaired) electrons. The van der Waals surface area contributed by atoms with E-state index >= 15 is 4.39 Å². The quantitative estimate of drug-likeness (QED) is 0.0768. The highest BCUT2D eigenvalue weighted by molar-refractivity contribution is 7.99. The van der Waals surface area contributed by atoms with E-state index in [2.05, 4.69) is 9.88 Å². The SMILES string of the molecule is COc1ccc2ncc(Cl)c(C(F)CCC3(C(=O)NO)CCN(CCCSc4ccccc4C(F)(F)F)CC3)c2c1. The van der Waals surface area contributed by atoms with Gasteiger partial charge in [-0.1, -0.05) is 23.7 Å². The first-order valence-electron chi connectivity index (χ1n) is 13.3. The van der Waals surface area contributed by atoms with Gasteiger partial charge >= 0.3 is 6.18 Å². The highest BCUT2D eigenvalue weighted by atomic mass is 35.5. The van der Waals surface area contributed by atoms with Crippen molar-refractivity contribution in [3.05, 3.63) is 64.8 Å². The summed E-state index contributed by atoms with van der Waals surface area (Å²) >= 11 is 7.54. The van der Waals surface area contributed by atoms with Crippen LogP contribution in [0.15, 0.2) is 53.6 Å². The van der Waals surface area contributed by atoms with Gasteiger partial charge in [0.05, 0.1) is 28.6 Å². The molecule has 1 unspecified atom stereocenters. The smallest absolute Gasteiger partial charge is 0.417 e. The molecule has 0 bridgehead atoms. The molecule has 0 saturated carbocycles. The Balaban J connectivity index is 1.35. The lowest BCUT2D eigenvalue weighted by Crippen LogP contribution is -2.48. The number of piperidine rings is 1. The minimum absolute atomic E-state index is 0.0126. The standard InChI is InChI=1S/C29H32ClF4N3O3S/c1-40-19-7-8-24-20(17-19)26(22(30)18-35-24)23(31)9-10-28(27(38)36-39)11-14-37(15-12-28)13-4-16-41-25-6-3-2-5-21(25)29(32,33)34/h2-3,5-8,17-18,23,39H,4,9-16H2,1H3,(H,36,38). The first kappa shape index (κ1) is 31.3. The molecule has 0 spiro atoms. The van der Waals surface area contributed by atoms with E-state index in [4.69, 9.17) is 16.3 Å². The molecule has 222 valence electrons. The van der Waals surface area contributed by atoms with Gasteiger partial charge in [-0.05, 0) is 87.8 Å². The van der Waals surface area contributed by atoms with E-state index in [1.165, 1.54) is 37.2 Å². The molecule has 4 rings (SSSR count). The Bertz CT molecular complexity index is 1350. The van der Waals surface area contributed by atoms with Crippen molar-refractivity contribution < 1.29 is 32.3 Å². The van der Waals surface area contributed by atoms with Crippen LogP contribution in [0, 0.1) is 5.41 Å². The zero-order valence-electron chi connectivity index (χ0n) is 22.5. The van der Waals surface area contributed by atoms with Crippen molar-refractivity contribution in [1.29, 1.82) is 0 Å². The van der Waals surface area contributed by atoms with Crippen LogP contribution < -0.4 is 10.2 Å². The fourth-order valence-electron chi connectivity index (χ4n) is 5.37. The van der Waals surface area contributed by atoms with Crippen LogP contribution in [0.1, 0.15) is 49.4 Å². The number of hydroxylamine groups is 1. The van der Waals surface area contributed by atoms with E-state index in [0.29, 0.717) is 61.3 Å². The molecule has 1 fully saturated rings. The predicted octanol–water partition coefficient (Wildman–Crippen LogP) is 7.48. The molecule has 12 heteroatoms. The largest absolute Gasteiger partial charge is 0.497 e. The summed E-state index contributed by atoms with van der Waals surface area (Å²) < 4.78 is 60.7. The number of rotatable bonds is 11. The number of ether oxygens (including phenoxy) is 1. The summed E-state index contributed by atoms with van der Waals surface area (Å²) in [5.74, 6) is 0.512. The van der Waals surface area contributed by atoms with Gasteiger partial charge < -0.3 is 9.64 Å². The van der Waals surface area contributed by atoms with Crippen LogP contribution in [0.2, 0.25) is 5.02 Å². The Morgan fingerprint density at radius 3 is 2.66 bits per heavy atom. The van der Waals surface area contributed by atoms with Gasteiger partial charge in [-0.3, -0.25) is 15.0 Å². The Morgan fingerprint density at radius 1 is 1.24 bits per heavy atom. The number of fused-ring (bicyclic) bond motifs is 1. The maximum atomic E-state index is 15.7. The van der Waals surface area contributed by atoms with Crippen molar-refractivity contribution in [2.75, 3.05) is 32.5 Å². The van der Waals surface area contributed by atoms with E-state index in [9.17, 15) is 23.2 Å². The van der Waals surface area contributed by atoms with Gasteiger partial charge in [0.1, 0.15) is 11.9 Å². The number of alkyl halides is 4. The van der Waals surface area contributed by atoms with Crippen LogP contribution in [0.25, 0.3) is 10.9 Å². The topological polar surface area (TPSA) is 74.7 Å². The van der Waals surface area contributed by atoms with E-state index in [1.54, 1.807) is 29.7 Å². The van der Waals surface area contributed by atoms with Crippen LogP contribution >= 0.6 is 23.4 Å². The number of nitrogens with one attached hydrogen (secondary N) is 1. The van der Waals surface area contributed by atoms with Crippen molar-refractivity contribution in [1.82, 2.24) is 15.4 Å². The molecule has 1 aromatic heterocycles. The third-order valence-corrected chi connectivity index (χ3v) is 9.18. The molecule has 41 heavy (non-hydrogen) atoms. The summed E-state index contributed by atoms with van der Waals surface area (Å²) in [7, 11) is 1.52. The molecule has 1 saturated heterocycles. The molecule has 2 aromatic carbocycles. The third-order valence-electron chi connectivity index (χ3n) is 7.72. The number of benzene rings is 2. The zero-order valence-corrected chi connectivity index (χ0v) is 24.1. The fraction of sp³-hybridized carbons (Fsp3) is 0.448. The summed E-state index contributed by atoms with van der Waals surface area (Å²) in [5, 5.41) is 10.2. The number of likely N-dealkylation sites (tertiary alicyclic amines) is 1. The van der Waals surface area contributed by atoms with Gasteiger partial charge in [0.2, 0.25) is 5.91 Å². The van der Waals surface area contributed by atoms with Crippen molar-refractivity contribution in [2.24, 2.45) is 5.41 Å². The van der Waals surface area contributed by atoms with Crippen LogP contribution in [0.4, 0.5) is 17.6 Å². The Hall–Kier alpha value is -2.60. The number of thioether (sulfide) groups is 1. The summed E-state index contributed by atoms with van der Waals surface area (Å²) in [5.41, 5.74) is 1.05. The summed E-state index contributed by atoms with van der Waals surface area (Å²) in [6.45, 7) is 1.75. The van der Waals surface area contributed by atoms with Gasteiger partial charge in [0, 0.05) is 22.0 Å². The number of aromatic nitrogens is 1. The molecular formula is C29H32ClF4N3O3S. The Labute approximate surface area is 245 Å². The molecule has 1 atom stereocenters. The minimum Gasteiger partial charge on any atom is -0.497 e. The Morgan fingerprint density at radius 2 is 1.98 bits per heavy atom. The number of halogens is 5. The van der Waals surface area contributed by atoms with Gasteiger partial charge in [0.15, 0.2) is 0 Å². The molecule has 6 nitrogen and oxygen atoms in total. The average molecular weight is 614 g/mol. The first-order chi connectivity index (χ1) is 19.6. The van der Waals surface area contributed by atoms with Crippen molar-refractivity contribution in [3.63, 3.8) is 0 Å². The van der Waals surface area contributed by atoms with E-state index in [0.717, 1.165) is 6.07 Å². The summed E-state index contributed by atoms with van der Waals surface area (Å²) in [6.07, 6.45) is -2.76. The second-order valence-corrected chi connectivity index (χ2v) is 11.7. The van der Waals surface area contributed by atoms with Crippen molar-refractivity contribution in [2.45, 2.75) is 49.3 Å².